The summed E-state index contributed by atoms with van der Waals surface area (Å²) in [6.45, 7) is 3.29. The number of rotatable bonds is 4. The van der Waals surface area contributed by atoms with Gasteiger partial charge >= 0.3 is 5.97 Å². The van der Waals surface area contributed by atoms with Crippen LogP contribution in [0.25, 0.3) is 0 Å². The number of piperidine rings is 1. The van der Waals surface area contributed by atoms with E-state index in [0.29, 0.717) is 18.8 Å². The van der Waals surface area contributed by atoms with Gasteiger partial charge in [-0.05, 0) is 38.1 Å². The normalized spacial score (nSPS) is 29.6. The van der Waals surface area contributed by atoms with Gasteiger partial charge in [-0.25, -0.2) is 0 Å². The van der Waals surface area contributed by atoms with Crippen LogP contribution in [0.15, 0.2) is 0 Å². The van der Waals surface area contributed by atoms with E-state index in [-0.39, 0.29) is 18.5 Å². The topological polar surface area (TPSA) is 78.4 Å². The van der Waals surface area contributed by atoms with Crippen LogP contribution >= 0.6 is 0 Å². The van der Waals surface area contributed by atoms with Crippen molar-refractivity contribution in [3.05, 3.63) is 0 Å². The van der Waals surface area contributed by atoms with Crippen molar-refractivity contribution in [1.82, 2.24) is 10.6 Å². The van der Waals surface area contributed by atoms with Gasteiger partial charge < -0.3 is 15.7 Å². The van der Waals surface area contributed by atoms with Gasteiger partial charge in [0.2, 0.25) is 5.91 Å². The minimum atomic E-state index is -0.762. The lowest BCUT2D eigenvalue weighted by Crippen LogP contribution is -2.52. The molecule has 114 valence electrons. The summed E-state index contributed by atoms with van der Waals surface area (Å²) in [5.74, 6) is -0.250. The summed E-state index contributed by atoms with van der Waals surface area (Å²) >= 11 is 0. The van der Waals surface area contributed by atoms with Gasteiger partial charge in [-0.1, -0.05) is 26.2 Å². The zero-order valence-electron chi connectivity index (χ0n) is 12.3. The molecule has 1 aliphatic heterocycles. The van der Waals surface area contributed by atoms with Gasteiger partial charge in [0.25, 0.3) is 0 Å². The molecule has 1 saturated heterocycles. The maximum absolute atomic E-state index is 12.2. The van der Waals surface area contributed by atoms with Crippen LogP contribution < -0.4 is 10.6 Å². The average molecular weight is 282 g/mol. The molecule has 5 nitrogen and oxygen atoms in total. The van der Waals surface area contributed by atoms with Crippen molar-refractivity contribution < 1.29 is 14.7 Å². The number of amides is 1. The molecule has 0 aromatic heterocycles. The largest absolute Gasteiger partial charge is 0.481 e. The van der Waals surface area contributed by atoms with Gasteiger partial charge in [0.05, 0.1) is 11.5 Å². The van der Waals surface area contributed by atoms with Crippen molar-refractivity contribution in [2.24, 2.45) is 11.3 Å². The molecule has 0 radical (unpaired) electrons. The molecule has 0 aromatic carbocycles. The molecule has 1 amide bonds. The Kier molecular flexibility index (Phi) is 5.02. The molecule has 2 aliphatic rings. The summed E-state index contributed by atoms with van der Waals surface area (Å²) in [5, 5.41) is 15.6. The molecule has 2 unspecified atom stereocenters. The highest BCUT2D eigenvalue weighted by Gasteiger charge is 2.40. The van der Waals surface area contributed by atoms with Gasteiger partial charge in [-0.2, -0.15) is 0 Å². The average Bonchev–Trinajstić information content (AvgIpc) is 2.45. The predicted molar refractivity (Wildman–Crippen MR) is 76.4 cm³/mol. The van der Waals surface area contributed by atoms with E-state index in [4.69, 9.17) is 0 Å². The molecule has 0 aromatic rings. The minimum absolute atomic E-state index is 0.0391. The van der Waals surface area contributed by atoms with Gasteiger partial charge in [0.1, 0.15) is 0 Å². The molecule has 2 fully saturated rings. The zero-order valence-corrected chi connectivity index (χ0v) is 12.3. The Morgan fingerprint density at radius 3 is 2.60 bits per heavy atom. The first-order valence-corrected chi connectivity index (χ1v) is 7.78. The van der Waals surface area contributed by atoms with E-state index in [1.165, 1.54) is 0 Å². The molecule has 0 spiro atoms. The number of aliphatic carboxylic acids is 1. The summed E-state index contributed by atoms with van der Waals surface area (Å²) < 4.78 is 0. The highest BCUT2D eigenvalue weighted by Crippen LogP contribution is 2.36. The number of carboxylic acids is 1. The van der Waals surface area contributed by atoms with E-state index < -0.39 is 11.4 Å². The second kappa shape index (κ2) is 6.57. The van der Waals surface area contributed by atoms with Gasteiger partial charge in [-0.15, -0.1) is 0 Å². The van der Waals surface area contributed by atoms with Crippen molar-refractivity contribution >= 4 is 11.9 Å². The number of hydrogen-bond acceptors (Lipinski definition) is 3. The van der Waals surface area contributed by atoms with Gasteiger partial charge in [0, 0.05) is 6.54 Å². The fourth-order valence-electron chi connectivity index (χ4n) is 3.38. The molecule has 1 heterocycles. The number of hydrogen-bond donors (Lipinski definition) is 3. The third kappa shape index (κ3) is 3.51. The van der Waals surface area contributed by atoms with Crippen molar-refractivity contribution in [3.8, 4) is 0 Å². The smallest absolute Gasteiger partial charge is 0.311 e. The Morgan fingerprint density at radius 2 is 2.00 bits per heavy atom. The van der Waals surface area contributed by atoms with E-state index in [1.807, 2.05) is 0 Å². The van der Waals surface area contributed by atoms with E-state index in [9.17, 15) is 14.7 Å². The Bertz CT molecular complexity index is 364. The monoisotopic (exact) mass is 282 g/mol. The fraction of sp³-hybridized carbons (Fsp3) is 0.867. The first-order chi connectivity index (χ1) is 9.53. The predicted octanol–water partition coefficient (Wildman–Crippen LogP) is 1.53. The summed E-state index contributed by atoms with van der Waals surface area (Å²) in [6.07, 6.45) is 6.29. The van der Waals surface area contributed by atoms with Crippen molar-refractivity contribution in [2.45, 2.75) is 57.9 Å². The lowest BCUT2D eigenvalue weighted by atomic mass is 9.74. The van der Waals surface area contributed by atoms with Crippen LogP contribution in [-0.4, -0.2) is 36.1 Å². The van der Waals surface area contributed by atoms with E-state index >= 15 is 0 Å². The van der Waals surface area contributed by atoms with Crippen molar-refractivity contribution in [2.75, 3.05) is 13.1 Å². The Hall–Kier alpha value is -1.10. The third-order valence-corrected chi connectivity index (χ3v) is 4.85. The van der Waals surface area contributed by atoms with E-state index in [0.717, 1.165) is 38.6 Å². The molecule has 5 heteroatoms. The maximum atomic E-state index is 12.2. The molecule has 3 N–H and O–H groups in total. The second-order valence-electron chi connectivity index (χ2n) is 6.50. The van der Waals surface area contributed by atoms with Crippen molar-refractivity contribution in [3.63, 3.8) is 0 Å². The lowest BCUT2D eigenvalue weighted by Gasteiger charge is -2.34. The highest BCUT2D eigenvalue weighted by atomic mass is 16.4. The van der Waals surface area contributed by atoms with Crippen LogP contribution in [0.1, 0.15) is 51.9 Å². The summed E-state index contributed by atoms with van der Waals surface area (Å²) in [6, 6.07) is -0.159. The Labute approximate surface area is 120 Å². The zero-order chi connectivity index (χ0) is 14.6. The first-order valence-electron chi connectivity index (χ1n) is 7.78. The highest BCUT2D eigenvalue weighted by molar-refractivity contribution is 5.83. The van der Waals surface area contributed by atoms with Crippen molar-refractivity contribution in [1.29, 1.82) is 0 Å². The second-order valence-corrected chi connectivity index (χ2v) is 6.50. The van der Waals surface area contributed by atoms with Crippen LogP contribution in [0.3, 0.4) is 0 Å². The SMILES string of the molecule is CC1CCNC(C(=O)NCC2(C(=O)O)CCCCC2)C1. The number of carbonyl (C=O) groups excluding carboxylic acids is 1. The summed E-state index contributed by atoms with van der Waals surface area (Å²) in [7, 11) is 0. The summed E-state index contributed by atoms with van der Waals surface area (Å²) in [4.78, 5) is 23.7. The van der Waals surface area contributed by atoms with Crippen LogP contribution in [0.4, 0.5) is 0 Å². The molecule has 2 rings (SSSR count). The molecule has 1 aliphatic carbocycles. The molecule has 20 heavy (non-hydrogen) atoms. The van der Waals surface area contributed by atoms with E-state index in [2.05, 4.69) is 17.6 Å². The van der Waals surface area contributed by atoms with E-state index in [1.54, 1.807) is 0 Å². The molecular weight excluding hydrogens is 256 g/mol. The molecular formula is C15H26N2O3. The quantitative estimate of drug-likeness (QED) is 0.730. The molecule has 1 saturated carbocycles. The van der Waals surface area contributed by atoms with Crippen LogP contribution in [-0.2, 0) is 9.59 Å². The maximum Gasteiger partial charge on any atom is 0.311 e. The van der Waals surface area contributed by atoms with Gasteiger partial charge in [-0.3, -0.25) is 9.59 Å². The van der Waals surface area contributed by atoms with Gasteiger partial charge in [0.15, 0.2) is 0 Å². The summed E-state index contributed by atoms with van der Waals surface area (Å²) in [5.41, 5.74) is -0.742. The van der Waals surface area contributed by atoms with Crippen LogP contribution in [0.2, 0.25) is 0 Å². The number of carboxylic acid groups (broad SMARTS) is 1. The third-order valence-electron chi connectivity index (χ3n) is 4.85. The van der Waals surface area contributed by atoms with Crippen LogP contribution in [0, 0.1) is 11.3 Å². The Balaban J connectivity index is 1.88. The number of carbonyl (C=O) groups is 2. The fourth-order valence-corrected chi connectivity index (χ4v) is 3.38. The first kappa shape index (κ1) is 15.3. The molecule has 0 bridgehead atoms. The van der Waals surface area contributed by atoms with Crippen LogP contribution in [0.5, 0.6) is 0 Å². The standard InChI is InChI=1S/C15H26N2O3/c1-11-5-8-16-12(9-11)13(18)17-10-15(14(19)20)6-3-2-4-7-15/h11-12,16H,2-10H2,1H3,(H,17,18)(H,19,20). The minimum Gasteiger partial charge on any atom is -0.481 e. The number of nitrogens with one attached hydrogen (secondary N) is 2. The Morgan fingerprint density at radius 1 is 1.30 bits per heavy atom. The lowest BCUT2D eigenvalue weighted by molar-refractivity contribution is -0.151. The molecule has 2 atom stereocenters.